The van der Waals surface area contributed by atoms with Crippen LogP contribution in [0.1, 0.15) is 117 Å². The van der Waals surface area contributed by atoms with E-state index in [1.807, 2.05) is 50.3 Å². The van der Waals surface area contributed by atoms with E-state index in [2.05, 4.69) is 35.9 Å². The number of aliphatic hydroxyl groups is 4. The molecule has 0 spiro atoms. The van der Waals surface area contributed by atoms with Crippen LogP contribution in [0.3, 0.4) is 0 Å². The minimum Gasteiger partial charge on any atom is -0.493 e. The normalized spacial score (nSPS) is 40.9. The second kappa shape index (κ2) is 26.0. The van der Waals surface area contributed by atoms with Crippen molar-refractivity contribution in [3.05, 3.63) is 77.3 Å². The van der Waals surface area contributed by atoms with E-state index in [0.29, 0.717) is 60.7 Å². The number of nitrogens with two attached hydrogens (primary N) is 3. The Labute approximate surface area is 472 Å². The fourth-order valence-corrected chi connectivity index (χ4v) is 15.6. The van der Waals surface area contributed by atoms with Gasteiger partial charge in [-0.05, 0) is 175 Å². The van der Waals surface area contributed by atoms with Gasteiger partial charge in [0.1, 0.15) is 53.1 Å². The Hall–Kier alpha value is -3.80. The molecule has 0 radical (unpaired) electrons. The summed E-state index contributed by atoms with van der Waals surface area (Å²) in [6.07, 6.45) is 9.43. The van der Waals surface area contributed by atoms with Crippen molar-refractivity contribution < 1.29 is 62.8 Å². The number of piperidine rings is 1. The van der Waals surface area contributed by atoms with E-state index in [0.717, 1.165) is 80.2 Å². The zero-order chi connectivity index (χ0) is 57.1. The van der Waals surface area contributed by atoms with Gasteiger partial charge in [-0.15, -0.1) is 0 Å². The van der Waals surface area contributed by atoms with E-state index >= 15 is 0 Å². The number of carbonyl (C=O) groups excluding carboxylic acids is 1. The lowest BCUT2D eigenvalue weighted by molar-refractivity contribution is -0.304. The molecule has 0 aromatic heterocycles. The van der Waals surface area contributed by atoms with Gasteiger partial charge >= 0.3 is 0 Å². The quantitative estimate of drug-likeness (QED) is 0.122. The lowest BCUT2D eigenvalue weighted by atomic mass is 9.47. The van der Waals surface area contributed by atoms with Gasteiger partial charge in [-0.25, -0.2) is 4.39 Å². The molecule has 11 rings (SSSR count). The van der Waals surface area contributed by atoms with Gasteiger partial charge in [-0.2, -0.15) is 0 Å². The predicted molar refractivity (Wildman–Crippen MR) is 300 cm³/mol. The number of hydrogen-bond acceptors (Lipinski definition) is 18. The number of benzene rings is 2. The number of rotatable bonds is 13. The third-order valence-corrected chi connectivity index (χ3v) is 19.9. The summed E-state index contributed by atoms with van der Waals surface area (Å²) in [4.78, 5) is 12.2. The van der Waals surface area contributed by atoms with Crippen LogP contribution in [0, 0.1) is 46.2 Å². The summed E-state index contributed by atoms with van der Waals surface area (Å²) in [5.74, 6) is 6.36. The fraction of sp³-hybridized carbons (Fsp3) is 0.721. The van der Waals surface area contributed by atoms with Crippen LogP contribution in [0.25, 0.3) is 0 Å². The molecule has 18 nitrogen and oxygen atoms in total. The topological polar surface area (TPSA) is 277 Å². The molecule has 2 aromatic carbocycles. The molecule has 20 atom stereocenters. The number of halogens is 1. The van der Waals surface area contributed by atoms with E-state index in [9.17, 15) is 29.6 Å². The molecule has 4 heterocycles. The van der Waals surface area contributed by atoms with Crippen molar-refractivity contribution in [1.82, 2.24) is 16.0 Å². The smallest absolute Gasteiger partial charge is 0.231 e. The summed E-state index contributed by atoms with van der Waals surface area (Å²) in [5, 5.41) is 52.2. The first-order valence-electron chi connectivity index (χ1n) is 29.6. The molecular formula is C61H93FN6O12. The highest BCUT2D eigenvalue weighted by Crippen LogP contribution is 2.66. The second-order valence-corrected chi connectivity index (χ2v) is 25.0. The number of allylic oxidation sites excluding steroid dienone is 1. The SMILES string of the molecule is CC(=O)[C@H]1CC[C@H]2[C@@H]3CC=C4C[C@@H](O)CC[C@]4(C)[C@H]3CC[C@]12C.CCN[C@@H]1C[C@H](N)[C@@H](OC2OC(CN)=CCC2N)[C@H](O)[C@H]1O[C@H]1OC[C@](C)(O)[C@H](NC)[C@H]1O.Fc1ccc([C@@H]2CCNC[C@H]2COc2ccc3c(c2)OCO3)cc1. The minimum absolute atomic E-state index is 0.0483. The molecule has 446 valence electrons. The fourth-order valence-electron chi connectivity index (χ4n) is 15.6. The summed E-state index contributed by atoms with van der Waals surface area (Å²) < 4.78 is 53.4. The molecule has 4 aliphatic heterocycles. The van der Waals surface area contributed by atoms with E-state index in [-0.39, 0.29) is 43.3 Å². The van der Waals surface area contributed by atoms with Gasteiger partial charge in [-0.1, -0.05) is 44.6 Å². The number of aliphatic hydroxyl groups excluding tert-OH is 3. The van der Waals surface area contributed by atoms with Crippen molar-refractivity contribution in [2.75, 3.05) is 53.2 Å². The maximum absolute atomic E-state index is 13.2. The van der Waals surface area contributed by atoms with E-state index < -0.39 is 60.7 Å². The number of ether oxygens (including phenoxy) is 7. The van der Waals surface area contributed by atoms with Gasteiger partial charge in [0.25, 0.3) is 0 Å². The number of carbonyl (C=O) groups is 1. The van der Waals surface area contributed by atoms with Crippen LogP contribution >= 0.6 is 0 Å². The summed E-state index contributed by atoms with van der Waals surface area (Å²) in [5.41, 5.74) is 20.2. The largest absolute Gasteiger partial charge is 0.493 e. The van der Waals surface area contributed by atoms with Crippen molar-refractivity contribution in [3.8, 4) is 17.2 Å². The summed E-state index contributed by atoms with van der Waals surface area (Å²) in [7, 11) is 1.64. The zero-order valence-electron chi connectivity index (χ0n) is 47.9. The minimum atomic E-state index is -1.28. The maximum Gasteiger partial charge on any atom is 0.231 e. The second-order valence-electron chi connectivity index (χ2n) is 25.0. The average molecular weight is 1120 g/mol. The molecule has 19 heteroatoms. The number of hydrogen-bond donors (Lipinski definition) is 10. The summed E-state index contributed by atoms with van der Waals surface area (Å²) >= 11 is 0. The number of nitrogens with one attached hydrogen (secondary N) is 3. The highest BCUT2D eigenvalue weighted by atomic mass is 19.1. The average Bonchev–Trinajstić information content (AvgIpc) is 4.19. The summed E-state index contributed by atoms with van der Waals surface area (Å²) in [6, 6.07) is 10.5. The van der Waals surface area contributed by atoms with Crippen LogP contribution < -0.4 is 47.4 Å². The van der Waals surface area contributed by atoms with Crippen molar-refractivity contribution in [1.29, 1.82) is 0 Å². The van der Waals surface area contributed by atoms with Crippen molar-refractivity contribution in [2.45, 2.75) is 184 Å². The highest BCUT2D eigenvalue weighted by molar-refractivity contribution is 5.79. The van der Waals surface area contributed by atoms with E-state index in [4.69, 9.17) is 50.4 Å². The van der Waals surface area contributed by atoms with Crippen molar-refractivity contribution in [3.63, 3.8) is 0 Å². The van der Waals surface area contributed by atoms with Crippen molar-refractivity contribution >= 4 is 5.78 Å². The van der Waals surface area contributed by atoms with E-state index in [1.54, 1.807) is 19.5 Å². The molecule has 2 saturated heterocycles. The molecule has 0 amide bonds. The third-order valence-electron chi connectivity index (χ3n) is 19.9. The molecule has 2 aromatic rings. The molecule has 80 heavy (non-hydrogen) atoms. The van der Waals surface area contributed by atoms with E-state index in [1.165, 1.54) is 43.4 Å². The Balaban J connectivity index is 0.000000148. The molecular weight excluding hydrogens is 1030 g/mol. The Morgan fingerprint density at radius 3 is 2.39 bits per heavy atom. The Morgan fingerprint density at radius 1 is 0.887 bits per heavy atom. The van der Waals surface area contributed by atoms with Gasteiger partial charge in [0.15, 0.2) is 17.8 Å². The van der Waals surface area contributed by atoms with Crippen LogP contribution in [-0.2, 0) is 23.7 Å². The van der Waals surface area contributed by atoms with Crippen LogP contribution in [0.5, 0.6) is 17.2 Å². The van der Waals surface area contributed by atoms with Crippen LogP contribution in [0.15, 0.2) is 65.9 Å². The number of ketones is 1. The first-order chi connectivity index (χ1) is 38.3. The highest BCUT2D eigenvalue weighted by Gasteiger charge is 2.59. The molecule has 5 aliphatic carbocycles. The van der Waals surface area contributed by atoms with Crippen LogP contribution in [0.2, 0.25) is 0 Å². The molecule has 2 unspecified atom stereocenters. The standard InChI is InChI=1S/C21H41N5O7.C21H32O2.C19H20FNO3/c1-4-26-13-7-12(24)16(32-19-11(23)6-5-10(8-22)31-19)14(27)17(13)33-20-15(28)18(25-3)21(2,29)9-30-20;1-13(22)17-6-7-18-16-5-4-14-12-15(23)8-10-20(14,2)19(16)9-11-21(17,18)3;20-15-3-1-13(2-4-15)17-7-8-21-10-14(17)11-22-16-5-6-18-19(9-16)24-12-23-18/h5,11-20,25-29H,4,6-9,22-24H2,1-3H3;4,15-19,23H,5-12H2,1-3H3;1-6,9,14,17,21H,7-8,10-12H2/t11?,12-,13+,14-,15+,16+,17-,18+,19?,20+,21-;15-,16-,17+,18-,19-,20-,21+;14-,17-/m000/s1. The first kappa shape index (κ1) is 60.8. The van der Waals surface area contributed by atoms with Gasteiger partial charge < -0.3 is 86.7 Å². The maximum atomic E-state index is 13.2. The van der Waals surface area contributed by atoms with Crippen LogP contribution in [-0.4, -0.2) is 152 Å². The zero-order valence-corrected chi connectivity index (χ0v) is 47.9. The first-order valence-corrected chi connectivity index (χ1v) is 29.6. The Kier molecular flexibility index (Phi) is 19.8. The van der Waals surface area contributed by atoms with Gasteiger partial charge in [0.2, 0.25) is 13.1 Å². The lowest BCUT2D eigenvalue weighted by Gasteiger charge is -2.57. The van der Waals surface area contributed by atoms with Gasteiger partial charge in [-0.3, -0.25) is 4.79 Å². The molecule has 9 aliphatic rings. The monoisotopic (exact) mass is 1120 g/mol. The molecule has 0 bridgehead atoms. The number of likely N-dealkylation sites (N-methyl/N-ethyl adjacent to an activating group) is 2. The van der Waals surface area contributed by atoms with Gasteiger partial charge in [0, 0.05) is 36.5 Å². The van der Waals surface area contributed by atoms with Crippen LogP contribution in [0.4, 0.5) is 4.39 Å². The lowest BCUT2D eigenvalue weighted by Crippen LogP contribution is -2.69. The Morgan fingerprint density at radius 2 is 1.65 bits per heavy atom. The van der Waals surface area contributed by atoms with Gasteiger partial charge in [0.05, 0.1) is 37.9 Å². The predicted octanol–water partition coefficient (Wildman–Crippen LogP) is 4.64. The molecule has 4 saturated carbocycles. The third kappa shape index (κ3) is 13.0. The summed E-state index contributed by atoms with van der Waals surface area (Å²) in [6.45, 7) is 13.7. The Bertz CT molecular complexity index is 2450. The molecule has 6 fully saturated rings. The van der Waals surface area contributed by atoms with Crippen molar-refractivity contribution in [2.24, 2.45) is 57.6 Å². The number of fused-ring (bicyclic) bond motifs is 6. The molecule has 13 N–H and O–H groups in total. The number of Topliss-reactive ketones (excluding diaryl/α,β-unsaturated/α-hetero) is 1.